The smallest absolute Gasteiger partial charge is 0.315 e. The summed E-state index contributed by atoms with van der Waals surface area (Å²) in [5.74, 6) is -0.0776. The number of carbonyl (C=O) groups excluding carboxylic acids is 2. The second kappa shape index (κ2) is 10.2. The number of carbonyl (C=O) groups is 2. The summed E-state index contributed by atoms with van der Waals surface area (Å²) < 4.78 is 1.63. The van der Waals surface area contributed by atoms with Gasteiger partial charge in [0.1, 0.15) is 24.3 Å². The van der Waals surface area contributed by atoms with Gasteiger partial charge in [-0.05, 0) is 32.9 Å². The molecule has 4 heterocycles. The predicted molar refractivity (Wildman–Crippen MR) is 133 cm³/mol. The number of urea groups is 1. The highest BCUT2D eigenvalue weighted by molar-refractivity contribution is 5.83. The highest BCUT2D eigenvalue weighted by atomic mass is 16.3. The molecule has 3 amide bonds. The molecule has 5 rings (SSSR count). The van der Waals surface area contributed by atoms with E-state index in [1.807, 2.05) is 11.9 Å². The van der Waals surface area contributed by atoms with Crippen LogP contribution >= 0.6 is 0 Å². The maximum atomic E-state index is 12.5. The van der Waals surface area contributed by atoms with Crippen molar-refractivity contribution in [3.63, 3.8) is 0 Å². The number of nitrogens with zero attached hydrogens (tertiary/aromatic N) is 6. The Hall–Kier alpha value is -3.27. The molecule has 0 radical (unpaired) electrons. The Morgan fingerprint density at radius 1 is 1.08 bits per heavy atom. The van der Waals surface area contributed by atoms with Crippen LogP contribution in [-0.4, -0.2) is 122 Å². The number of nitrogen functional groups attached to an aromatic ring is 1. The number of likely N-dealkylation sites (tertiary alicyclic amines) is 1. The zero-order chi connectivity index (χ0) is 26.3. The van der Waals surface area contributed by atoms with Crippen LogP contribution in [0, 0.1) is 0 Å². The number of nitrogens with one attached hydrogen (secondary N) is 3. The Bertz CT molecular complexity index is 1160. The van der Waals surface area contributed by atoms with E-state index in [4.69, 9.17) is 10.8 Å². The van der Waals surface area contributed by atoms with E-state index in [2.05, 4.69) is 35.8 Å². The van der Waals surface area contributed by atoms with Gasteiger partial charge in [-0.25, -0.2) is 9.78 Å². The van der Waals surface area contributed by atoms with E-state index in [9.17, 15) is 19.8 Å². The zero-order valence-corrected chi connectivity index (χ0v) is 20.6. The van der Waals surface area contributed by atoms with E-state index in [0.717, 1.165) is 25.9 Å². The van der Waals surface area contributed by atoms with Crippen LogP contribution in [0.1, 0.15) is 25.3 Å². The number of imidazole rings is 1. The standard InChI is InChI=1S/C22H34N10O5/c1-30-4-2-11(7-30)25-22(37)26-12-3-5-31(8-12)21-28-19(23)16-20(29-21)32(10-24-16)14-6-13(17(35)18(14)36)27-15(34)9-33/h10-14,17-18,33,35-36H,2-9H2,1H3,(H,27,34)(H2,23,28,29)(H2,25,26,37)/t11-,12-,13+,14-,17-,18+/m1/s1. The molecule has 3 fully saturated rings. The first kappa shape index (κ1) is 25.4. The van der Waals surface area contributed by atoms with E-state index >= 15 is 0 Å². The fourth-order valence-electron chi connectivity index (χ4n) is 5.52. The summed E-state index contributed by atoms with van der Waals surface area (Å²) >= 11 is 0. The number of fused-ring (bicyclic) bond motifs is 1. The lowest BCUT2D eigenvalue weighted by Gasteiger charge is -2.20. The fourth-order valence-corrected chi connectivity index (χ4v) is 5.52. The molecular formula is C22H34N10O5. The van der Waals surface area contributed by atoms with Crippen molar-refractivity contribution in [2.24, 2.45) is 0 Å². The number of hydrogen-bond donors (Lipinski definition) is 7. The van der Waals surface area contributed by atoms with Crippen molar-refractivity contribution in [3.05, 3.63) is 6.33 Å². The van der Waals surface area contributed by atoms with E-state index in [1.54, 1.807) is 4.57 Å². The van der Waals surface area contributed by atoms with Crippen molar-refractivity contribution in [3.8, 4) is 0 Å². The van der Waals surface area contributed by atoms with Crippen LogP contribution in [0.15, 0.2) is 6.33 Å². The zero-order valence-electron chi connectivity index (χ0n) is 20.6. The summed E-state index contributed by atoms with van der Waals surface area (Å²) in [7, 11) is 2.03. The Balaban J connectivity index is 1.28. The van der Waals surface area contributed by atoms with Gasteiger partial charge in [0.15, 0.2) is 11.5 Å². The van der Waals surface area contributed by atoms with Crippen LogP contribution in [0.4, 0.5) is 16.6 Å². The molecule has 2 aromatic rings. The van der Waals surface area contributed by atoms with Gasteiger partial charge in [0, 0.05) is 31.7 Å². The molecule has 1 aliphatic carbocycles. The fraction of sp³-hybridized carbons (Fsp3) is 0.682. The van der Waals surface area contributed by atoms with Crippen molar-refractivity contribution >= 4 is 34.9 Å². The van der Waals surface area contributed by atoms with Gasteiger partial charge in [-0.2, -0.15) is 9.97 Å². The van der Waals surface area contributed by atoms with Crippen LogP contribution in [0.3, 0.4) is 0 Å². The first-order valence-corrected chi connectivity index (χ1v) is 12.5. The number of aliphatic hydroxyl groups excluding tert-OH is 3. The molecule has 37 heavy (non-hydrogen) atoms. The monoisotopic (exact) mass is 518 g/mol. The molecule has 0 bridgehead atoms. The second-order valence-corrected chi connectivity index (χ2v) is 10.1. The molecule has 3 aliphatic rings. The third-order valence-electron chi connectivity index (χ3n) is 7.47. The largest absolute Gasteiger partial charge is 0.388 e. The molecule has 2 aliphatic heterocycles. The van der Waals surface area contributed by atoms with Crippen LogP contribution in [0.5, 0.6) is 0 Å². The van der Waals surface area contributed by atoms with Crippen molar-refractivity contribution in [1.29, 1.82) is 0 Å². The summed E-state index contributed by atoms with van der Waals surface area (Å²) in [6.07, 6.45) is 0.925. The molecular weight excluding hydrogens is 484 g/mol. The Morgan fingerprint density at radius 2 is 1.81 bits per heavy atom. The molecule has 202 valence electrons. The van der Waals surface area contributed by atoms with Crippen LogP contribution < -0.4 is 26.6 Å². The molecule has 15 nitrogen and oxygen atoms in total. The van der Waals surface area contributed by atoms with Crippen LogP contribution in [-0.2, 0) is 4.79 Å². The van der Waals surface area contributed by atoms with Gasteiger partial charge in [-0.15, -0.1) is 0 Å². The molecule has 2 saturated heterocycles. The molecule has 0 spiro atoms. The lowest BCUT2D eigenvalue weighted by Crippen LogP contribution is -2.47. The van der Waals surface area contributed by atoms with Crippen molar-refractivity contribution in [2.75, 3.05) is 50.5 Å². The normalized spacial score (nSPS) is 30.2. The number of nitrogens with two attached hydrogens (primary N) is 1. The lowest BCUT2D eigenvalue weighted by molar-refractivity contribution is -0.125. The average Bonchev–Trinajstić information content (AvgIpc) is 3.64. The summed E-state index contributed by atoms with van der Waals surface area (Å²) in [4.78, 5) is 41.6. The van der Waals surface area contributed by atoms with Gasteiger partial charge >= 0.3 is 6.03 Å². The van der Waals surface area contributed by atoms with Crippen molar-refractivity contribution in [1.82, 2.24) is 40.4 Å². The minimum Gasteiger partial charge on any atom is -0.388 e. The molecule has 15 heteroatoms. The van der Waals surface area contributed by atoms with Crippen LogP contribution in [0.25, 0.3) is 11.2 Å². The summed E-state index contributed by atoms with van der Waals surface area (Å²) in [5, 5.41) is 38.7. The number of anilines is 2. The van der Waals surface area contributed by atoms with Gasteiger partial charge in [0.25, 0.3) is 0 Å². The molecule has 1 saturated carbocycles. The maximum absolute atomic E-state index is 12.5. The first-order chi connectivity index (χ1) is 17.7. The highest BCUT2D eigenvalue weighted by Crippen LogP contribution is 2.34. The summed E-state index contributed by atoms with van der Waals surface area (Å²) in [6, 6.07) is -1.48. The Kier molecular flexibility index (Phi) is 7.02. The molecule has 8 N–H and O–H groups in total. The topological polar surface area (TPSA) is 207 Å². The van der Waals surface area contributed by atoms with E-state index in [-0.39, 0.29) is 30.4 Å². The number of amides is 3. The minimum atomic E-state index is -1.22. The molecule has 2 aromatic heterocycles. The quantitative estimate of drug-likeness (QED) is 0.207. The highest BCUT2D eigenvalue weighted by Gasteiger charge is 2.44. The predicted octanol–water partition coefficient (Wildman–Crippen LogP) is -2.87. The third-order valence-corrected chi connectivity index (χ3v) is 7.47. The van der Waals surface area contributed by atoms with Crippen LogP contribution in [0.2, 0.25) is 0 Å². The SMILES string of the molecule is CN1CC[C@@H](NC(=O)N[C@@H]2CCN(c3nc(N)c4ncn([C@@H]5C[C@H](NC(=O)CO)[C@@H](O)[C@H]5O)c4n3)C2)C1. The minimum absolute atomic E-state index is 0.0766. The summed E-state index contributed by atoms with van der Waals surface area (Å²) in [5.41, 5.74) is 6.95. The van der Waals surface area contributed by atoms with E-state index in [0.29, 0.717) is 30.2 Å². The van der Waals surface area contributed by atoms with Gasteiger partial charge in [0.05, 0.1) is 18.4 Å². The van der Waals surface area contributed by atoms with Crippen molar-refractivity contribution < 1.29 is 24.9 Å². The van der Waals surface area contributed by atoms with E-state index in [1.165, 1.54) is 6.33 Å². The van der Waals surface area contributed by atoms with Gasteiger partial charge in [-0.3, -0.25) is 4.79 Å². The first-order valence-electron chi connectivity index (χ1n) is 12.5. The maximum Gasteiger partial charge on any atom is 0.315 e. The van der Waals surface area contributed by atoms with Gasteiger partial charge in [-0.1, -0.05) is 0 Å². The number of aliphatic hydroxyl groups is 3. The summed E-state index contributed by atoms with van der Waals surface area (Å²) in [6.45, 7) is 2.23. The van der Waals surface area contributed by atoms with E-state index < -0.39 is 36.8 Å². The lowest BCUT2D eigenvalue weighted by atomic mass is 10.2. The number of hydrogen-bond acceptors (Lipinski definition) is 11. The van der Waals surface area contributed by atoms with Crippen molar-refractivity contribution in [2.45, 2.75) is 55.6 Å². The molecule has 0 aromatic carbocycles. The van der Waals surface area contributed by atoms with Gasteiger partial charge in [0.2, 0.25) is 11.9 Å². The second-order valence-electron chi connectivity index (χ2n) is 10.1. The molecule has 6 atom stereocenters. The number of likely N-dealkylation sites (N-methyl/N-ethyl adjacent to an activating group) is 1. The van der Waals surface area contributed by atoms with Gasteiger partial charge < -0.3 is 51.4 Å². The third kappa shape index (κ3) is 5.12. The average molecular weight is 519 g/mol. The number of rotatable bonds is 6. The Morgan fingerprint density at radius 3 is 2.51 bits per heavy atom. The number of aromatic nitrogens is 4. The Labute approximate surface area is 213 Å². The molecule has 0 unspecified atom stereocenters.